The highest BCUT2D eigenvalue weighted by Gasteiger charge is 2.16. The molecule has 86 heavy (non-hydrogen) atoms. The summed E-state index contributed by atoms with van der Waals surface area (Å²) in [6, 6.07) is 0. The fourth-order valence-corrected chi connectivity index (χ4v) is 11.2. The number of ether oxygens (including phenoxy) is 2. The van der Waals surface area contributed by atoms with Crippen molar-refractivity contribution >= 4 is 11.9 Å². The van der Waals surface area contributed by atoms with Gasteiger partial charge in [-0.3, -0.25) is 9.59 Å². The zero-order valence-electron chi connectivity index (χ0n) is 57.3. The molecule has 0 spiro atoms. The minimum atomic E-state index is -0.775. The van der Waals surface area contributed by atoms with E-state index in [4.69, 9.17) is 9.47 Å². The lowest BCUT2D eigenvalue weighted by Gasteiger charge is -2.15. The molecular formula is C81H144O5. The van der Waals surface area contributed by atoms with Gasteiger partial charge in [0, 0.05) is 12.8 Å². The number of hydrogen-bond acceptors (Lipinski definition) is 5. The lowest BCUT2D eigenvalue weighted by Crippen LogP contribution is -2.28. The van der Waals surface area contributed by atoms with Gasteiger partial charge in [0.2, 0.25) is 0 Å². The number of esters is 2. The van der Waals surface area contributed by atoms with E-state index in [9.17, 15) is 14.7 Å². The van der Waals surface area contributed by atoms with Crippen LogP contribution in [0.1, 0.15) is 386 Å². The summed E-state index contributed by atoms with van der Waals surface area (Å²) in [5, 5.41) is 9.72. The summed E-state index contributed by atoms with van der Waals surface area (Å²) in [4.78, 5) is 24.7. The number of unbranched alkanes of at least 4 members (excludes halogenated alkanes) is 46. The predicted octanol–water partition coefficient (Wildman–Crippen LogP) is 26.5. The summed E-state index contributed by atoms with van der Waals surface area (Å²) in [6.07, 6.45) is 109. The highest BCUT2D eigenvalue weighted by Crippen LogP contribution is 2.19. The van der Waals surface area contributed by atoms with Gasteiger partial charge in [-0.15, -0.1) is 0 Å². The largest absolute Gasteiger partial charge is 0.462 e. The van der Waals surface area contributed by atoms with E-state index in [1.807, 2.05) is 0 Å². The summed E-state index contributed by atoms with van der Waals surface area (Å²) in [6.45, 7) is 4.07. The third-order valence-corrected chi connectivity index (χ3v) is 16.9. The van der Waals surface area contributed by atoms with Gasteiger partial charge in [0.15, 0.2) is 6.10 Å². The number of carbonyl (C=O) groups excluding carboxylic acids is 2. The van der Waals surface area contributed by atoms with Crippen LogP contribution < -0.4 is 0 Å². The van der Waals surface area contributed by atoms with Gasteiger partial charge < -0.3 is 14.6 Å². The second kappa shape index (κ2) is 76.1. The molecule has 0 rings (SSSR count). The van der Waals surface area contributed by atoms with E-state index in [2.05, 4.69) is 111 Å². The highest BCUT2D eigenvalue weighted by atomic mass is 16.6. The van der Waals surface area contributed by atoms with E-state index in [-0.39, 0.29) is 25.2 Å². The van der Waals surface area contributed by atoms with Crippen molar-refractivity contribution in [1.82, 2.24) is 0 Å². The number of aliphatic hydroxyl groups is 1. The van der Waals surface area contributed by atoms with E-state index >= 15 is 0 Å². The summed E-state index contributed by atoms with van der Waals surface area (Å²) in [5.41, 5.74) is 0. The first-order chi connectivity index (χ1) is 42.6. The Labute approximate surface area is 536 Å². The monoisotopic (exact) mass is 1200 g/mol. The maximum absolute atomic E-state index is 12.4. The van der Waals surface area contributed by atoms with Crippen LogP contribution in [0.4, 0.5) is 0 Å². The first-order valence-corrected chi connectivity index (χ1v) is 37.8. The van der Waals surface area contributed by atoms with Crippen LogP contribution in [0.2, 0.25) is 0 Å². The Balaban J connectivity index is 3.43. The van der Waals surface area contributed by atoms with Gasteiger partial charge in [0.05, 0.1) is 6.61 Å². The van der Waals surface area contributed by atoms with Crippen LogP contribution in [-0.2, 0) is 19.1 Å². The normalized spacial score (nSPS) is 12.7. The summed E-state index contributed by atoms with van der Waals surface area (Å²) in [7, 11) is 0. The minimum Gasteiger partial charge on any atom is -0.462 e. The third-order valence-electron chi connectivity index (χ3n) is 16.9. The van der Waals surface area contributed by atoms with Gasteiger partial charge >= 0.3 is 11.9 Å². The average molecular weight is 1200 g/mol. The average Bonchev–Trinajstić information content (AvgIpc) is 3.55. The molecule has 5 heteroatoms. The Kier molecular flexibility index (Phi) is 73.3. The molecule has 5 nitrogen and oxygen atoms in total. The minimum absolute atomic E-state index is 0.0633. The van der Waals surface area contributed by atoms with Crippen LogP contribution in [0.25, 0.3) is 0 Å². The van der Waals surface area contributed by atoms with Crippen molar-refractivity contribution in [1.29, 1.82) is 0 Å². The first-order valence-electron chi connectivity index (χ1n) is 37.8. The molecule has 0 heterocycles. The van der Waals surface area contributed by atoms with Crippen molar-refractivity contribution in [3.05, 3.63) is 97.2 Å². The number of rotatable bonds is 70. The van der Waals surface area contributed by atoms with Crippen molar-refractivity contribution < 1.29 is 24.2 Å². The van der Waals surface area contributed by atoms with E-state index in [0.29, 0.717) is 12.8 Å². The van der Waals surface area contributed by atoms with Gasteiger partial charge in [-0.05, 0) is 96.3 Å². The van der Waals surface area contributed by atoms with Crippen LogP contribution in [0.3, 0.4) is 0 Å². The fourth-order valence-electron chi connectivity index (χ4n) is 11.2. The predicted molar refractivity (Wildman–Crippen MR) is 380 cm³/mol. The molecule has 498 valence electrons. The summed E-state index contributed by atoms with van der Waals surface area (Å²) >= 11 is 0. The van der Waals surface area contributed by atoms with Crippen LogP contribution in [0.15, 0.2) is 97.2 Å². The highest BCUT2D eigenvalue weighted by molar-refractivity contribution is 5.70. The molecule has 0 fully saturated rings. The maximum Gasteiger partial charge on any atom is 0.306 e. The van der Waals surface area contributed by atoms with Crippen molar-refractivity contribution in [3.63, 3.8) is 0 Å². The molecule has 0 bridgehead atoms. The standard InChI is InChI=1S/C81H144O5/c1-3-5-7-9-11-13-15-17-19-21-23-25-27-29-31-33-35-37-38-39-40-41-42-44-46-48-50-52-54-56-58-60-62-64-66-68-70-72-74-76-81(84)86-79(77-82)78-85-80(83)75-73-71-69-67-65-63-61-59-57-55-53-51-49-47-45-43-36-34-32-30-28-26-24-22-20-18-16-14-12-10-8-6-4-2/h5,7,11,13,17,19,22-25,29,31,35,37,39-40,79,82H,3-4,6,8-10,12,14-16,18,20-21,26-28,30,32-34,36,38,41-78H2,1-2H3/b7-5-,13-11-,19-17-,24-22-,25-23-,31-29-,37-35-,40-39-. The van der Waals surface area contributed by atoms with Crippen LogP contribution in [0.5, 0.6) is 0 Å². The Morgan fingerprint density at radius 2 is 0.500 bits per heavy atom. The number of aliphatic hydroxyl groups excluding tert-OH is 1. The van der Waals surface area contributed by atoms with Gasteiger partial charge in [-0.2, -0.15) is 0 Å². The van der Waals surface area contributed by atoms with Gasteiger partial charge in [0.1, 0.15) is 6.61 Å². The molecule has 1 atom stereocenters. The van der Waals surface area contributed by atoms with Crippen molar-refractivity contribution in [2.45, 2.75) is 392 Å². The van der Waals surface area contributed by atoms with Gasteiger partial charge in [-0.25, -0.2) is 0 Å². The Morgan fingerprint density at radius 3 is 0.767 bits per heavy atom. The number of allylic oxidation sites excluding steroid dienone is 16. The molecule has 0 aromatic rings. The van der Waals surface area contributed by atoms with Crippen LogP contribution in [-0.4, -0.2) is 36.4 Å². The Hall–Kier alpha value is -3.18. The van der Waals surface area contributed by atoms with Crippen LogP contribution >= 0.6 is 0 Å². The quantitative estimate of drug-likeness (QED) is 0.0373. The maximum atomic E-state index is 12.4. The lowest BCUT2D eigenvalue weighted by atomic mass is 10.0. The fraction of sp³-hybridized carbons (Fsp3) is 0.778. The van der Waals surface area contributed by atoms with Crippen LogP contribution in [0, 0.1) is 0 Å². The molecule has 0 saturated heterocycles. The van der Waals surface area contributed by atoms with Crippen molar-refractivity contribution in [2.75, 3.05) is 13.2 Å². The van der Waals surface area contributed by atoms with Crippen molar-refractivity contribution in [2.24, 2.45) is 0 Å². The topological polar surface area (TPSA) is 72.8 Å². The summed E-state index contributed by atoms with van der Waals surface area (Å²) in [5.74, 6) is -0.572. The molecule has 0 aliphatic rings. The van der Waals surface area contributed by atoms with E-state index < -0.39 is 6.10 Å². The first kappa shape index (κ1) is 82.8. The zero-order chi connectivity index (χ0) is 61.9. The smallest absolute Gasteiger partial charge is 0.306 e. The molecule has 0 aromatic heterocycles. The van der Waals surface area contributed by atoms with Gasteiger partial charge in [0.25, 0.3) is 0 Å². The third kappa shape index (κ3) is 73.3. The van der Waals surface area contributed by atoms with E-state index in [1.165, 1.54) is 276 Å². The molecule has 0 saturated carbocycles. The lowest BCUT2D eigenvalue weighted by molar-refractivity contribution is -0.161. The second-order valence-corrected chi connectivity index (χ2v) is 25.3. The molecular weight excluding hydrogens is 1050 g/mol. The molecule has 1 unspecified atom stereocenters. The molecule has 0 aliphatic heterocycles. The number of hydrogen-bond donors (Lipinski definition) is 1. The molecule has 0 radical (unpaired) electrons. The Bertz CT molecular complexity index is 1600. The molecule has 0 amide bonds. The molecule has 1 N–H and O–H groups in total. The van der Waals surface area contributed by atoms with E-state index in [0.717, 1.165) is 83.5 Å². The molecule has 0 aromatic carbocycles. The summed E-state index contributed by atoms with van der Waals surface area (Å²) < 4.78 is 10.8. The molecule has 0 aliphatic carbocycles. The van der Waals surface area contributed by atoms with Crippen molar-refractivity contribution in [3.8, 4) is 0 Å². The second-order valence-electron chi connectivity index (χ2n) is 25.3. The number of carbonyl (C=O) groups is 2. The SMILES string of the molecule is CC/C=C\C/C=C\C/C=C\C/C=C\C/C=C\C/C=C\C/C=C\CCCCCCCCCCCCCCCCCCCC(=O)OC(CO)COC(=O)CCCCCCCCCCCCCCCCCCCCCCC/C=C\CCCCCCCCCC. The van der Waals surface area contributed by atoms with E-state index in [1.54, 1.807) is 0 Å². The van der Waals surface area contributed by atoms with Gasteiger partial charge in [-0.1, -0.05) is 374 Å². The Morgan fingerprint density at radius 1 is 0.279 bits per heavy atom. The zero-order valence-corrected chi connectivity index (χ0v) is 57.3.